The first-order chi connectivity index (χ1) is 29.4. The number of benzene rings is 4. The summed E-state index contributed by atoms with van der Waals surface area (Å²) in [5.74, 6) is 0. The van der Waals surface area contributed by atoms with E-state index in [1.165, 1.54) is 72.4 Å². The highest BCUT2D eigenvalue weighted by atomic mass is 14.2. The van der Waals surface area contributed by atoms with Crippen LogP contribution < -0.4 is 0 Å². The topological polar surface area (TPSA) is 0 Å². The fourth-order valence-electron chi connectivity index (χ4n) is 7.14. The van der Waals surface area contributed by atoms with Crippen molar-refractivity contribution >= 4 is 35.7 Å². The molecule has 0 aliphatic heterocycles. The summed E-state index contributed by atoms with van der Waals surface area (Å²) in [6.45, 7) is 30.8. The third-order valence-corrected chi connectivity index (χ3v) is 9.74. The molecule has 0 saturated carbocycles. The number of hydrogen-bond acceptors (Lipinski definition) is 0. The van der Waals surface area contributed by atoms with E-state index in [1.807, 2.05) is 39.0 Å². The molecule has 0 nitrogen and oxygen atoms in total. The fourth-order valence-corrected chi connectivity index (χ4v) is 7.14. The Kier molecular flexibility index (Phi) is 20.8. The van der Waals surface area contributed by atoms with Crippen molar-refractivity contribution in [1.29, 1.82) is 0 Å². The molecule has 61 heavy (non-hydrogen) atoms. The third kappa shape index (κ3) is 15.3. The molecule has 2 aliphatic rings. The van der Waals surface area contributed by atoms with Gasteiger partial charge in [0.05, 0.1) is 0 Å². The van der Waals surface area contributed by atoms with Crippen molar-refractivity contribution in [1.82, 2.24) is 0 Å². The average Bonchev–Trinajstić information content (AvgIpc) is 3.28. The lowest BCUT2D eigenvalue weighted by molar-refractivity contribution is 0.469. The molecule has 4 aromatic rings. The van der Waals surface area contributed by atoms with E-state index in [-0.39, 0.29) is 0 Å². The van der Waals surface area contributed by atoms with E-state index in [9.17, 15) is 0 Å². The summed E-state index contributed by atoms with van der Waals surface area (Å²) < 4.78 is 0. The molecular formula is C60H69B. The van der Waals surface area contributed by atoms with Gasteiger partial charge in [-0.05, 0) is 130 Å². The molecule has 0 aromatic heterocycles. The zero-order chi connectivity index (χ0) is 44.8. The summed E-state index contributed by atoms with van der Waals surface area (Å²) >= 11 is 0. The van der Waals surface area contributed by atoms with Crippen LogP contribution in [0.3, 0.4) is 0 Å². The summed E-state index contributed by atoms with van der Waals surface area (Å²) in [6.07, 6.45) is 27.6. The lowest BCUT2D eigenvalue weighted by atomic mass is 9.81. The summed E-state index contributed by atoms with van der Waals surface area (Å²) in [5, 5.41) is 0. The van der Waals surface area contributed by atoms with Crippen LogP contribution in [-0.2, 0) is 0 Å². The fraction of sp³-hybridized carbons (Fsp3) is 0.233. The Morgan fingerprint density at radius 1 is 0.623 bits per heavy atom. The van der Waals surface area contributed by atoms with Crippen molar-refractivity contribution in [2.24, 2.45) is 5.41 Å². The normalized spacial score (nSPS) is 14.3. The highest BCUT2D eigenvalue weighted by molar-refractivity contribution is 6.23. The summed E-state index contributed by atoms with van der Waals surface area (Å²) in [7, 11) is 5.12. The van der Waals surface area contributed by atoms with Crippen LogP contribution in [0.1, 0.15) is 116 Å². The van der Waals surface area contributed by atoms with Crippen LogP contribution in [0.25, 0.3) is 39.0 Å². The SMILES string of the molecule is C=C/C=C(\C=C)c1c(C2=CCCC=C2)cccc1-c1ccc(C(=C(/C)C2=CCCC=C2)/C(=C(\C)c2ccccc2)c2ccccc2)cc1.CC.CC(C)(C)C.[B]C(=C)/C=C\C. The van der Waals surface area contributed by atoms with Gasteiger partial charge in [0.15, 0.2) is 0 Å². The van der Waals surface area contributed by atoms with Gasteiger partial charge in [-0.2, -0.15) is 0 Å². The largest absolute Gasteiger partial charge is 0.112 e. The lowest BCUT2D eigenvalue weighted by Gasteiger charge is -2.23. The molecule has 4 aromatic carbocycles. The molecule has 1 heteroatoms. The van der Waals surface area contributed by atoms with Gasteiger partial charge in [0.25, 0.3) is 0 Å². The van der Waals surface area contributed by atoms with Gasteiger partial charge in [0.1, 0.15) is 7.85 Å². The van der Waals surface area contributed by atoms with Crippen molar-refractivity contribution in [3.05, 3.63) is 234 Å². The molecule has 0 saturated heterocycles. The molecule has 0 spiro atoms. The molecule has 0 N–H and O–H groups in total. The Morgan fingerprint density at radius 3 is 1.62 bits per heavy atom. The number of rotatable bonds is 11. The molecule has 2 aliphatic carbocycles. The van der Waals surface area contributed by atoms with Crippen LogP contribution in [0, 0.1) is 5.41 Å². The Hall–Kier alpha value is -5.92. The molecule has 0 amide bonds. The van der Waals surface area contributed by atoms with Crippen molar-refractivity contribution < 1.29 is 0 Å². The van der Waals surface area contributed by atoms with Crippen molar-refractivity contribution in [2.45, 2.75) is 88.0 Å². The first-order valence-electron chi connectivity index (χ1n) is 21.9. The minimum Gasteiger partial charge on any atom is -0.106 e. The molecule has 312 valence electrons. The monoisotopic (exact) mass is 801 g/mol. The highest BCUT2D eigenvalue weighted by Gasteiger charge is 2.21. The second-order valence-electron chi connectivity index (χ2n) is 16.5. The summed E-state index contributed by atoms with van der Waals surface area (Å²) in [5.41, 5.74) is 18.2. The Balaban J connectivity index is 0.000000670. The zero-order valence-corrected chi connectivity index (χ0v) is 38.7. The summed E-state index contributed by atoms with van der Waals surface area (Å²) in [6, 6.07) is 37.5. The van der Waals surface area contributed by atoms with Crippen molar-refractivity contribution in [3.8, 4) is 11.1 Å². The predicted octanol–water partition coefficient (Wildman–Crippen LogP) is 17.8. The highest BCUT2D eigenvalue weighted by Crippen LogP contribution is 2.43. The first kappa shape index (κ1) is 49.4. The minimum absolute atomic E-state index is 0.500. The molecular weight excluding hydrogens is 731 g/mol. The van der Waals surface area contributed by atoms with E-state index in [0.29, 0.717) is 10.9 Å². The van der Waals surface area contributed by atoms with E-state index >= 15 is 0 Å². The van der Waals surface area contributed by atoms with Crippen LogP contribution in [-0.4, -0.2) is 7.85 Å². The molecule has 0 bridgehead atoms. The third-order valence-electron chi connectivity index (χ3n) is 9.74. The molecule has 6 rings (SSSR count). The van der Waals surface area contributed by atoms with E-state index < -0.39 is 0 Å². The van der Waals surface area contributed by atoms with Gasteiger partial charge in [-0.1, -0.05) is 225 Å². The number of allylic oxidation sites excluding steroid dienone is 19. The standard InChI is InChI=1S/C48H44.C5H7B.C5H12.C2H6/c1-5-20-37(6-2)48-44(40-25-15-9-16-26-40)29-19-30-45(48)41-31-33-43(34-32-41)47(36(4)39-23-13-8-14-24-39)46(42-27-17-10-18-28-42)35(3)38-21-11-7-12-22-38;1-3-4-5(2)6;1-5(2,3)4;1-2/h5-7,10-13,15,17-34H,1-2,8-9,14,16H2,3-4H3;3-4H,2H2,1H3;1-4H3;1-2H3/b37-20+,46-35+,47-36+;4-3-;;. The van der Waals surface area contributed by atoms with E-state index in [2.05, 4.69) is 207 Å². The van der Waals surface area contributed by atoms with Crippen LogP contribution in [0.5, 0.6) is 0 Å². The van der Waals surface area contributed by atoms with Crippen LogP contribution in [0.15, 0.2) is 206 Å². The molecule has 0 heterocycles. The predicted molar refractivity (Wildman–Crippen MR) is 277 cm³/mol. The van der Waals surface area contributed by atoms with Crippen LogP contribution in [0.4, 0.5) is 0 Å². The second kappa shape index (κ2) is 25.6. The Bertz CT molecular complexity index is 2300. The minimum atomic E-state index is 0.500. The molecule has 0 fully saturated rings. The van der Waals surface area contributed by atoms with Gasteiger partial charge in [-0.3, -0.25) is 0 Å². The maximum absolute atomic E-state index is 5.12. The van der Waals surface area contributed by atoms with Gasteiger partial charge >= 0.3 is 0 Å². The van der Waals surface area contributed by atoms with Gasteiger partial charge in [-0.25, -0.2) is 0 Å². The maximum Gasteiger partial charge on any atom is 0.112 e. The Morgan fingerprint density at radius 2 is 1.15 bits per heavy atom. The van der Waals surface area contributed by atoms with Crippen LogP contribution in [0.2, 0.25) is 0 Å². The average molecular weight is 801 g/mol. The van der Waals surface area contributed by atoms with Gasteiger partial charge in [-0.15, -0.1) is 12.1 Å². The van der Waals surface area contributed by atoms with Crippen molar-refractivity contribution in [3.63, 3.8) is 0 Å². The second-order valence-corrected chi connectivity index (χ2v) is 16.5. The van der Waals surface area contributed by atoms with Crippen molar-refractivity contribution in [2.75, 3.05) is 0 Å². The maximum atomic E-state index is 5.12. The lowest BCUT2D eigenvalue weighted by Crippen LogP contribution is -2.01. The molecule has 2 radical (unpaired) electrons. The quantitative estimate of drug-likeness (QED) is 0.0805. The van der Waals surface area contributed by atoms with E-state index in [0.717, 1.165) is 31.3 Å². The Labute approximate surface area is 372 Å². The zero-order valence-electron chi connectivity index (χ0n) is 38.7. The van der Waals surface area contributed by atoms with E-state index in [4.69, 9.17) is 7.85 Å². The number of hydrogen-bond donors (Lipinski definition) is 0. The molecule has 0 atom stereocenters. The van der Waals surface area contributed by atoms with Gasteiger partial charge in [0.2, 0.25) is 0 Å². The summed E-state index contributed by atoms with van der Waals surface area (Å²) in [4.78, 5) is 0. The van der Waals surface area contributed by atoms with Gasteiger partial charge in [0, 0.05) is 0 Å². The van der Waals surface area contributed by atoms with Gasteiger partial charge < -0.3 is 0 Å². The smallest absolute Gasteiger partial charge is 0.106 e. The first-order valence-corrected chi connectivity index (χ1v) is 21.9. The van der Waals surface area contributed by atoms with E-state index in [1.54, 1.807) is 6.08 Å². The molecule has 0 unspecified atom stereocenters. The van der Waals surface area contributed by atoms with Crippen LogP contribution >= 0.6 is 0 Å².